The van der Waals surface area contributed by atoms with Crippen molar-refractivity contribution in [2.45, 2.75) is 43.6 Å². The maximum absolute atomic E-state index is 11.6. The van der Waals surface area contributed by atoms with E-state index in [1.54, 1.807) is 0 Å². The van der Waals surface area contributed by atoms with Crippen molar-refractivity contribution in [2.24, 2.45) is 11.8 Å². The fourth-order valence-electron chi connectivity index (χ4n) is 3.86. The highest BCUT2D eigenvalue weighted by molar-refractivity contribution is 8.24. The number of benzene rings is 1. The highest BCUT2D eigenvalue weighted by Crippen LogP contribution is 2.54. The molecule has 7 heteroatoms. The number of hydrogen-bond donors (Lipinski definition) is 2. The van der Waals surface area contributed by atoms with Gasteiger partial charge in [0.1, 0.15) is 6.10 Å². The van der Waals surface area contributed by atoms with Crippen LogP contribution in [0.25, 0.3) is 0 Å². The average molecular weight is 378 g/mol. The summed E-state index contributed by atoms with van der Waals surface area (Å²) < 4.78 is 5.45. The molecule has 1 saturated heterocycles. The van der Waals surface area contributed by atoms with Crippen molar-refractivity contribution in [3.8, 4) is 0 Å². The summed E-state index contributed by atoms with van der Waals surface area (Å²) in [6.45, 7) is 0. The molecule has 25 heavy (non-hydrogen) atoms. The normalized spacial score (nSPS) is 30.6. The lowest BCUT2D eigenvalue weighted by Crippen LogP contribution is -2.16. The van der Waals surface area contributed by atoms with Crippen molar-refractivity contribution in [3.05, 3.63) is 48.0 Å². The van der Waals surface area contributed by atoms with E-state index in [1.807, 2.05) is 24.3 Å². The number of fused-ring (bicyclic) bond motifs is 1. The molecule has 2 N–H and O–H groups in total. The molecular formula is C18H25BO4P2. The molecule has 0 aromatic heterocycles. The average Bonchev–Trinajstić information content (AvgIpc) is 3.13. The number of carbonyl (C=O) groups is 1. The molecule has 1 aromatic carbocycles. The summed E-state index contributed by atoms with van der Waals surface area (Å²) in [4.78, 5) is 11.6. The number of hydrogen-bond acceptors (Lipinski definition) is 4. The van der Waals surface area contributed by atoms with Gasteiger partial charge in [0.15, 0.2) is 0 Å². The van der Waals surface area contributed by atoms with E-state index >= 15 is 0 Å². The number of allylic oxidation sites excluding steroid dienone is 1. The quantitative estimate of drug-likeness (QED) is 0.316. The van der Waals surface area contributed by atoms with Gasteiger partial charge in [0, 0.05) is 5.92 Å². The van der Waals surface area contributed by atoms with Gasteiger partial charge in [-0.3, -0.25) is 4.79 Å². The first-order valence-corrected chi connectivity index (χ1v) is 12.1. The number of aryl methyl sites for hydroxylation is 1. The molecule has 3 rings (SSSR count). The maximum Gasteiger partial charge on any atom is 0.306 e. The van der Waals surface area contributed by atoms with Gasteiger partial charge in [-0.25, -0.2) is 0 Å². The van der Waals surface area contributed by atoms with Gasteiger partial charge in [-0.05, 0) is 36.4 Å². The summed E-state index contributed by atoms with van der Waals surface area (Å²) in [6.07, 6.45) is 6.51. The van der Waals surface area contributed by atoms with Crippen LogP contribution >= 0.6 is 16.4 Å². The molecule has 4 unspecified atom stereocenters. The summed E-state index contributed by atoms with van der Waals surface area (Å²) in [5.74, 6) is 0.427. The SMILES string of the molecule is O=C1C[C@H]2C(C[C@@H](PPBO)[C@@H]2/C=C/C(O)CCc2ccccc2)O1. The van der Waals surface area contributed by atoms with Crippen LogP contribution < -0.4 is 0 Å². The van der Waals surface area contributed by atoms with Crippen molar-refractivity contribution in [1.82, 2.24) is 0 Å². The van der Waals surface area contributed by atoms with Gasteiger partial charge in [-0.2, -0.15) is 0 Å². The van der Waals surface area contributed by atoms with Crippen LogP contribution in [0.1, 0.15) is 24.8 Å². The van der Waals surface area contributed by atoms with Crippen LogP contribution in [0.2, 0.25) is 0 Å². The molecular weight excluding hydrogens is 353 g/mol. The Morgan fingerprint density at radius 2 is 2.16 bits per heavy atom. The van der Waals surface area contributed by atoms with Crippen LogP contribution in [0, 0.1) is 11.8 Å². The second-order valence-corrected chi connectivity index (χ2v) is 10.4. The van der Waals surface area contributed by atoms with Crippen molar-refractivity contribution < 1.29 is 19.7 Å². The monoisotopic (exact) mass is 378 g/mol. The molecule has 0 radical (unpaired) electrons. The van der Waals surface area contributed by atoms with Crippen LogP contribution in [0.5, 0.6) is 0 Å². The van der Waals surface area contributed by atoms with Gasteiger partial charge in [-0.1, -0.05) is 42.5 Å². The molecule has 4 nitrogen and oxygen atoms in total. The Kier molecular flexibility index (Phi) is 7.07. The molecule has 0 spiro atoms. The second kappa shape index (κ2) is 9.28. The van der Waals surface area contributed by atoms with Gasteiger partial charge in [-0.15, -0.1) is 16.4 Å². The van der Waals surface area contributed by atoms with Crippen LogP contribution in [-0.2, 0) is 16.0 Å². The topological polar surface area (TPSA) is 66.8 Å². The Balaban J connectivity index is 1.57. The standard InChI is InChI=1S/C18H25BO4P2/c20-13(7-6-12-4-2-1-3-5-12)8-9-14-15-10-18(21)23-16(15)11-17(14)24-25-19-22/h1-5,8-9,13-17,19-20,22,24-25H,6-7,10-11H2/b9-8+/t13?,14-,15-,16?,17-/m1/s1. The Morgan fingerprint density at radius 3 is 2.92 bits per heavy atom. The Morgan fingerprint density at radius 1 is 1.36 bits per heavy atom. The Hall–Kier alpha value is -0.725. The minimum absolute atomic E-state index is 0.0320. The zero-order valence-corrected chi connectivity index (χ0v) is 16.2. The first kappa shape index (κ1) is 19.0. The summed E-state index contributed by atoms with van der Waals surface area (Å²) in [7, 11) is 1.50. The van der Waals surface area contributed by atoms with Crippen LogP contribution in [0.3, 0.4) is 0 Å². The van der Waals surface area contributed by atoms with Gasteiger partial charge in [0.25, 0.3) is 0 Å². The largest absolute Gasteiger partial charge is 0.462 e. The highest BCUT2D eigenvalue weighted by Gasteiger charge is 2.48. The number of carbonyl (C=O) groups excluding carboxylic acids is 1. The number of aliphatic hydroxyl groups excluding tert-OH is 1. The van der Waals surface area contributed by atoms with E-state index in [2.05, 4.69) is 18.2 Å². The molecule has 0 bridgehead atoms. The fourth-order valence-corrected chi connectivity index (χ4v) is 7.11. The minimum Gasteiger partial charge on any atom is -0.462 e. The van der Waals surface area contributed by atoms with Gasteiger partial charge in [0.05, 0.1) is 12.5 Å². The van der Waals surface area contributed by atoms with E-state index in [0.717, 1.165) is 12.8 Å². The number of esters is 1. The van der Waals surface area contributed by atoms with E-state index in [4.69, 9.17) is 9.76 Å². The highest BCUT2D eigenvalue weighted by atomic mass is 32.0. The smallest absolute Gasteiger partial charge is 0.306 e. The van der Waals surface area contributed by atoms with Gasteiger partial charge in [0.2, 0.25) is 0 Å². The van der Waals surface area contributed by atoms with E-state index < -0.39 is 6.10 Å². The summed E-state index contributed by atoms with van der Waals surface area (Å²) in [6, 6.07) is 10.2. The third-order valence-electron chi connectivity index (χ3n) is 5.10. The first-order chi connectivity index (χ1) is 12.2. The molecule has 1 heterocycles. The van der Waals surface area contributed by atoms with Crippen LogP contribution in [0.15, 0.2) is 42.5 Å². The summed E-state index contributed by atoms with van der Waals surface area (Å²) in [5.41, 5.74) is 1.69. The lowest BCUT2D eigenvalue weighted by Gasteiger charge is -2.19. The zero-order chi connectivity index (χ0) is 17.6. The van der Waals surface area contributed by atoms with E-state index in [-0.39, 0.29) is 31.1 Å². The van der Waals surface area contributed by atoms with Gasteiger partial charge < -0.3 is 14.9 Å². The van der Waals surface area contributed by atoms with Crippen molar-refractivity contribution in [3.63, 3.8) is 0 Å². The summed E-state index contributed by atoms with van der Waals surface area (Å²) in [5, 5.41) is 19.4. The maximum atomic E-state index is 11.6. The number of ether oxygens (including phenoxy) is 1. The van der Waals surface area contributed by atoms with Crippen molar-refractivity contribution >= 4 is 29.6 Å². The first-order valence-electron chi connectivity index (χ1n) is 8.86. The lowest BCUT2D eigenvalue weighted by atomic mass is 9.92. The summed E-state index contributed by atoms with van der Waals surface area (Å²) >= 11 is 0. The molecule has 1 aliphatic heterocycles. The second-order valence-electron chi connectivity index (χ2n) is 6.77. The van der Waals surface area contributed by atoms with Crippen molar-refractivity contribution in [1.29, 1.82) is 0 Å². The van der Waals surface area contributed by atoms with Crippen LogP contribution in [0.4, 0.5) is 0 Å². The predicted molar refractivity (Wildman–Crippen MR) is 106 cm³/mol. The minimum atomic E-state index is -0.471. The number of aliphatic hydroxyl groups is 1. The predicted octanol–water partition coefficient (Wildman–Crippen LogP) is 2.39. The third-order valence-corrected chi connectivity index (χ3v) is 8.65. The fraction of sp³-hybridized carbons (Fsp3) is 0.500. The molecule has 1 aliphatic carbocycles. The molecule has 134 valence electrons. The van der Waals surface area contributed by atoms with E-state index in [0.29, 0.717) is 34.9 Å². The zero-order valence-electron chi connectivity index (χ0n) is 14.2. The molecule has 1 saturated carbocycles. The lowest BCUT2D eigenvalue weighted by molar-refractivity contribution is -0.141. The molecule has 0 amide bonds. The molecule has 2 fully saturated rings. The van der Waals surface area contributed by atoms with Crippen LogP contribution in [-0.4, -0.2) is 41.2 Å². The van der Waals surface area contributed by atoms with Gasteiger partial charge >= 0.3 is 13.2 Å². The number of rotatable bonds is 8. The van der Waals surface area contributed by atoms with Crippen molar-refractivity contribution in [2.75, 3.05) is 0 Å². The molecule has 1 aromatic rings. The Bertz CT molecular complexity index is 598. The Labute approximate surface area is 153 Å². The third kappa shape index (κ3) is 5.14. The molecule has 7 atom stereocenters. The van der Waals surface area contributed by atoms with E-state index in [9.17, 15) is 9.90 Å². The molecule has 2 aliphatic rings. The van der Waals surface area contributed by atoms with E-state index in [1.165, 1.54) is 5.56 Å².